The van der Waals surface area contributed by atoms with E-state index in [1.807, 2.05) is 12.1 Å². The molecule has 0 radical (unpaired) electrons. The Labute approximate surface area is 183 Å². The van der Waals surface area contributed by atoms with Crippen LogP contribution in [0.15, 0.2) is 48.5 Å². The first kappa shape index (κ1) is 22.3. The highest BCUT2D eigenvalue weighted by atomic mass is 35.5. The zero-order chi connectivity index (χ0) is 21.7. The van der Waals surface area contributed by atoms with Gasteiger partial charge in [0.1, 0.15) is 6.04 Å². The Balaban J connectivity index is 1.72. The van der Waals surface area contributed by atoms with E-state index in [2.05, 4.69) is 36.2 Å². The van der Waals surface area contributed by atoms with Crippen LogP contribution in [-0.2, 0) is 22.4 Å². The number of halogens is 1. The van der Waals surface area contributed by atoms with E-state index in [0.717, 1.165) is 25.1 Å². The Hall–Kier alpha value is -2.37. The van der Waals surface area contributed by atoms with Crippen molar-refractivity contribution in [3.63, 3.8) is 0 Å². The first-order valence-electron chi connectivity index (χ1n) is 10.4. The number of carbonyl (C=O) groups is 2. The summed E-state index contributed by atoms with van der Waals surface area (Å²) in [6.45, 7) is 6.15. The highest BCUT2D eigenvalue weighted by Gasteiger charge is 2.30. The van der Waals surface area contributed by atoms with Gasteiger partial charge in [-0.15, -0.1) is 0 Å². The van der Waals surface area contributed by atoms with Crippen molar-refractivity contribution in [2.24, 2.45) is 5.92 Å². The zero-order valence-corrected chi connectivity index (χ0v) is 18.2. The molecule has 2 N–H and O–H groups in total. The van der Waals surface area contributed by atoms with E-state index < -0.39 is 12.0 Å². The van der Waals surface area contributed by atoms with Gasteiger partial charge in [-0.2, -0.15) is 0 Å². The van der Waals surface area contributed by atoms with E-state index >= 15 is 0 Å². The van der Waals surface area contributed by atoms with Crippen LogP contribution in [0, 0.1) is 5.92 Å². The molecule has 2 unspecified atom stereocenters. The molecule has 160 valence electrons. The van der Waals surface area contributed by atoms with Gasteiger partial charge >= 0.3 is 5.97 Å². The molecule has 1 aliphatic rings. The Morgan fingerprint density at radius 2 is 1.87 bits per heavy atom. The van der Waals surface area contributed by atoms with Gasteiger partial charge in [0.25, 0.3) is 0 Å². The molecule has 5 nitrogen and oxygen atoms in total. The average molecular weight is 429 g/mol. The number of hydrogen-bond donors (Lipinski definition) is 2. The van der Waals surface area contributed by atoms with E-state index in [4.69, 9.17) is 11.6 Å². The summed E-state index contributed by atoms with van der Waals surface area (Å²) < 4.78 is 0. The number of carboxylic acid groups (broad SMARTS) is 1. The quantitative estimate of drug-likeness (QED) is 0.664. The number of carboxylic acids is 1. The number of rotatable bonds is 8. The van der Waals surface area contributed by atoms with Crippen LogP contribution in [0.3, 0.4) is 0 Å². The fourth-order valence-corrected chi connectivity index (χ4v) is 4.24. The Kier molecular flexibility index (Phi) is 7.51. The van der Waals surface area contributed by atoms with E-state index in [0.29, 0.717) is 10.9 Å². The summed E-state index contributed by atoms with van der Waals surface area (Å²) in [5.74, 6) is -0.800. The SMILES string of the molecule is CC(C)CN1CCc2ccccc2C1CC(=O)NC(Cc1ccc(Cl)cc1)C(=O)O. The van der Waals surface area contributed by atoms with Crippen molar-refractivity contribution in [2.75, 3.05) is 13.1 Å². The molecule has 0 aromatic heterocycles. The molecule has 0 spiro atoms. The molecule has 6 heteroatoms. The van der Waals surface area contributed by atoms with Crippen LogP contribution in [-0.4, -0.2) is 41.0 Å². The van der Waals surface area contributed by atoms with Crippen LogP contribution in [0.1, 0.15) is 43.0 Å². The van der Waals surface area contributed by atoms with Gasteiger partial charge in [-0.3, -0.25) is 9.69 Å². The molecule has 2 aromatic rings. The van der Waals surface area contributed by atoms with E-state index in [-0.39, 0.29) is 24.8 Å². The molecule has 0 aliphatic carbocycles. The maximum atomic E-state index is 12.9. The molecule has 0 fully saturated rings. The third kappa shape index (κ3) is 5.83. The Morgan fingerprint density at radius 3 is 2.53 bits per heavy atom. The lowest BCUT2D eigenvalue weighted by molar-refractivity contribution is -0.142. The van der Waals surface area contributed by atoms with Crippen molar-refractivity contribution >= 4 is 23.5 Å². The molecular formula is C24H29ClN2O3. The minimum absolute atomic E-state index is 0.0395. The summed E-state index contributed by atoms with van der Waals surface area (Å²) in [4.78, 5) is 27.0. The summed E-state index contributed by atoms with van der Waals surface area (Å²) in [7, 11) is 0. The number of hydrogen-bond acceptors (Lipinski definition) is 3. The standard InChI is InChI=1S/C24H29ClN2O3/c1-16(2)15-27-12-11-18-5-3-4-6-20(18)22(27)14-23(28)26-21(24(29)30)13-17-7-9-19(25)10-8-17/h3-10,16,21-22H,11-15H2,1-2H3,(H,26,28)(H,29,30). The Morgan fingerprint density at radius 1 is 1.17 bits per heavy atom. The fourth-order valence-electron chi connectivity index (χ4n) is 4.12. The first-order chi connectivity index (χ1) is 14.3. The van der Waals surface area contributed by atoms with Crippen LogP contribution in [0.5, 0.6) is 0 Å². The largest absolute Gasteiger partial charge is 0.480 e. The predicted octanol–water partition coefficient (Wildman–Crippen LogP) is 4.10. The number of nitrogens with one attached hydrogen (secondary N) is 1. The molecular weight excluding hydrogens is 400 g/mol. The van der Waals surface area contributed by atoms with Crippen molar-refractivity contribution in [1.82, 2.24) is 10.2 Å². The van der Waals surface area contributed by atoms with Crippen LogP contribution < -0.4 is 5.32 Å². The maximum absolute atomic E-state index is 12.9. The lowest BCUT2D eigenvalue weighted by Gasteiger charge is -2.38. The number of fused-ring (bicyclic) bond motifs is 1. The number of amides is 1. The second kappa shape index (κ2) is 10.1. The van der Waals surface area contributed by atoms with Crippen molar-refractivity contribution in [3.8, 4) is 0 Å². The lowest BCUT2D eigenvalue weighted by atomic mass is 9.89. The van der Waals surface area contributed by atoms with Gasteiger partial charge in [-0.1, -0.05) is 61.8 Å². The van der Waals surface area contributed by atoms with Gasteiger partial charge in [0, 0.05) is 37.0 Å². The highest BCUT2D eigenvalue weighted by molar-refractivity contribution is 6.30. The van der Waals surface area contributed by atoms with E-state index in [1.165, 1.54) is 11.1 Å². The third-order valence-electron chi connectivity index (χ3n) is 5.49. The topological polar surface area (TPSA) is 69.6 Å². The van der Waals surface area contributed by atoms with Crippen LogP contribution >= 0.6 is 11.6 Å². The third-order valence-corrected chi connectivity index (χ3v) is 5.74. The van der Waals surface area contributed by atoms with Gasteiger partial charge in [0.2, 0.25) is 5.91 Å². The van der Waals surface area contributed by atoms with Crippen molar-refractivity contribution in [1.29, 1.82) is 0 Å². The predicted molar refractivity (Wildman–Crippen MR) is 119 cm³/mol. The van der Waals surface area contributed by atoms with E-state index in [9.17, 15) is 14.7 Å². The molecule has 0 saturated carbocycles. The molecule has 1 aliphatic heterocycles. The van der Waals surface area contributed by atoms with Crippen molar-refractivity contribution in [3.05, 3.63) is 70.2 Å². The van der Waals surface area contributed by atoms with Crippen LogP contribution in [0.4, 0.5) is 0 Å². The monoisotopic (exact) mass is 428 g/mol. The maximum Gasteiger partial charge on any atom is 0.326 e. The number of nitrogens with zero attached hydrogens (tertiary/aromatic N) is 1. The van der Waals surface area contributed by atoms with Gasteiger partial charge in [-0.25, -0.2) is 4.79 Å². The fraction of sp³-hybridized carbons (Fsp3) is 0.417. The molecule has 2 atom stereocenters. The average Bonchev–Trinajstić information content (AvgIpc) is 2.70. The van der Waals surface area contributed by atoms with Crippen molar-refractivity contribution < 1.29 is 14.7 Å². The van der Waals surface area contributed by atoms with Gasteiger partial charge in [0.15, 0.2) is 0 Å². The van der Waals surface area contributed by atoms with Crippen molar-refractivity contribution in [2.45, 2.75) is 45.2 Å². The smallest absolute Gasteiger partial charge is 0.326 e. The summed E-state index contributed by atoms with van der Waals surface area (Å²) in [5.41, 5.74) is 3.26. The van der Waals surface area contributed by atoms with Crippen LogP contribution in [0.25, 0.3) is 0 Å². The second-order valence-electron chi connectivity index (χ2n) is 8.35. The molecule has 0 saturated heterocycles. The summed E-state index contributed by atoms with van der Waals surface area (Å²) in [6, 6.07) is 14.2. The number of benzene rings is 2. The highest BCUT2D eigenvalue weighted by Crippen LogP contribution is 2.32. The summed E-state index contributed by atoms with van der Waals surface area (Å²) >= 11 is 5.90. The number of aliphatic carboxylic acids is 1. The summed E-state index contributed by atoms with van der Waals surface area (Å²) in [5, 5.41) is 12.9. The lowest BCUT2D eigenvalue weighted by Crippen LogP contribution is -2.45. The molecule has 0 bridgehead atoms. The van der Waals surface area contributed by atoms with E-state index in [1.54, 1.807) is 24.3 Å². The van der Waals surface area contributed by atoms with Gasteiger partial charge < -0.3 is 10.4 Å². The first-order valence-corrected chi connectivity index (χ1v) is 10.8. The molecule has 30 heavy (non-hydrogen) atoms. The molecule has 1 amide bonds. The van der Waals surface area contributed by atoms with Gasteiger partial charge in [0.05, 0.1) is 0 Å². The zero-order valence-electron chi connectivity index (χ0n) is 17.5. The minimum atomic E-state index is -1.04. The molecule has 1 heterocycles. The van der Waals surface area contributed by atoms with Crippen LogP contribution in [0.2, 0.25) is 5.02 Å². The number of carbonyl (C=O) groups excluding carboxylic acids is 1. The molecule has 3 rings (SSSR count). The Bertz CT molecular complexity index is 882. The second-order valence-corrected chi connectivity index (χ2v) is 8.78. The van der Waals surface area contributed by atoms with Gasteiger partial charge in [-0.05, 0) is 41.2 Å². The molecule has 2 aromatic carbocycles. The summed E-state index contributed by atoms with van der Waals surface area (Å²) in [6.07, 6.45) is 1.43. The normalized spacial score (nSPS) is 17.4. The minimum Gasteiger partial charge on any atom is -0.480 e.